The van der Waals surface area contributed by atoms with E-state index in [1.165, 1.54) is 0 Å². The monoisotopic (exact) mass is 355 g/mol. The molecule has 0 radical (unpaired) electrons. The number of nitrogens with two attached hydrogens (primary N) is 2. The van der Waals surface area contributed by atoms with Crippen molar-refractivity contribution < 1.29 is 19.1 Å². The van der Waals surface area contributed by atoms with Crippen LogP contribution >= 0.6 is 23.5 Å². The lowest BCUT2D eigenvalue weighted by molar-refractivity contribution is -0.134. The number of primary amides is 2. The lowest BCUT2D eigenvalue weighted by Gasteiger charge is -2.16. The van der Waals surface area contributed by atoms with Crippen LogP contribution in [0.2, 0.25) is 0 Å². The van der Waals surface area contributed by atoms with Crippen LogP contribution in [0.25, 0.3) is 0 Å². The summed E-state index contributed by atoms with van der Waals surface area (Å²) < 4.78 is 5.80. The van der Waals surface area contributed by atoms with Crippen molar-refractivity contribution in [2.75, 3.05) is 18.1 Å². The van der Waals surface area contributed by atoms with Gasteiger partial charge in [0.05, 0.1) is 4.58 Å². The Bertz CT molecular complexity index is 591. The maximum absolute atomic E-state index is 11.8. The Morgan fingerprint density at radius 2 is 1.78 bits per heavy atom. The summed E-state index contributed by atoms with van der Waals surface area (Å²) in [7, 11) is 0. The number of carbonyl (C=O) groups is 3. The first-order valence-corrected chi connectivity index (χ1v) is 8.91. The van der Waals surface area contributed by atoms with E-state index in [1.807, 2.05) is 41.7 Å². The Morgan fingerprint density at radius 3 is 2.39 bits per heavy atom. The highest BCUT2D eigenvalue weighted by molar-refractivity contribution is 8.19. The van der Waals surface area contributed by atoms with E-state index in [0.29, 0.717) is 5.75 Å². The summed E-state index contributed by atoms with van der Waals surface area (Å²) >= 11 is 3.64. The predicted octanol–water partition coefficient (Wildman–Crippen LogP) is -0.000600. The molecule has 23 heavy (non-hydrogen) atoms. The van der Waals surface area contributed by atoms with Crippen molar-refractivity contribution in [3.63, 3.8) is 0 Å². The van der Waals surface area contributed by atoms with Crippen LogP contribution in [0.15, 0.2) is 24.3 Å². The first-order valence-electron chi connectivity index (χ1n) is 6.82. The largest absolute Gasteiger partial charge is 0.483 e. The molecular weight excluding hydrogens is 338 g/mol. The van der Waals surface area contributed by atoms with Gasteiger partial charge in [0.15, 0.2) is 12.6 Å². The molecular formula is C14H17N3O4S2. The maximum Gasteiger partial charge on any atom is 0.258 e. The molecule has 1 saturated heterocycles. The van der Waals surface area contributed by atoms with Gasteiger partial charge in [-0.2, -0.15) is 0 Å². The predicted molar refractivity (Wildman–Crippen MR) is 89.9 cm³/mol. The molecule has 1 fully saturated rings. The molecule has 9 heteroatoms. The Kier molecular flexibility index (Phi) is 6.17. The number of amides is 3. The minimum absolute atomic E-state index is 0.276. The van der Waals surface area contributed by atoms with E-state index in [2.05, 4.69) is 5.32 Å². The Balaban J connectivity index is 1.96. The summed E-state index contributed by atoms with van der Waals surface area (Å²) in [6, 6.07) is 5.93. The van der Waals surface area contributed by atoms with Crippen LogP contribution < -0.4 is 21.5 Å². The molecule has 1 aromatic carbocycles. The van der Waals surface area contributed by atoms with Crippen LogP contribution in [0.1, 0.15) is 10.1 Å². The fourth-order valence-corrected chi connectivity index (χ4v) is 4.88. The van der Waals surface area contributed by atoms with Crippen LogP contribution in [0.5, 0.6) is 5.75 Å². The van der Waals surface area contributed by atoms with Crippen molar-refractivity contribution in [2.45, 2.75) is 10.6 Å². The summed E-state index contributed by atoms with van der Waals surface area (Å²) in [5, 5.41) is 2.15. The average molecular weight is 355 g/mol. The molecule has 124 valence electrons. The van der Waals surface area contributed by atoms with Gasteiger partial charge in [0.25, 0.3) is 5.91 Å². The van der Waals surface area contributed by atoms with Crippen molar-refractivity contribution >= 4 is 41.2 Å². The topological polar surface area (TPSA) is 125 Å². The van der Waals surface area contributed by atoms with Crippen LogP contribution in [0.3, 0.4) is 0 Å². The van der Waals surface area contributed by atoms with Gasteiger partial charge < -0.3 is 21.5 Å². The standard InChI is InChI=1S/C14H17N3O4S2/c15-12(19)11(13(16)20)17-10(18)7-21-9-4-2-1-3-8(9)14-22-5-6-23-14/h1-4,11,14H,5-7H2,(H2,15,19)(H2,16,20)(H,17,18). The van der Waals surface area contributed by atoms with Crippen LogP contribution in [-0.2, 0) is 14.4 Å². The first kappa shape index (κ1) is 17.5. The fraction of sp³-hybridized carbons (Fsp3) is 0.357. The minimum Gasteiger partial charge on any atom is -0.483 e. The third kappa shape index (κ3) is 4.80. The number of rotatable bonds is 7. The fourth-order valence-electron chi connectivity index (χ4n) is 1.97. The third-order valence-corrected chi connectivity index (χ3v) is 6.10. The molecule has 0 aliphatic carbocycles. The van der Waals surface area contributed by atoms with E-state index in [4.69, 9.17) is 16.2 Å². The molecule has 0 unspecified atom stereocenters. The number of thioether (sulfide) groups is 2. The number of hydrogen-bond acceptors (Lipinski definition) is 6. The zero-order valence-corrected chi connectivity index (χ0v) is 13.8. The van der Waals surface area contributed by atoms with E-state index in [-0.39, 0.29) is 11.2 Å². The second-order valence-electron chi connectivity index (χ2n) is 4.71. The summed E-state index contributed by atoms with van der Waals surface area (Å²) in [5.74, 6) is 0.0833. The highest BCUT2D eigenvalue weighted by atomic mass is 32.2. The van der Waals surface area contributed by atoms with Gasteiger partial charge in [0.2, 0.25) is 11.8 Å². The van der Waals surface area contributed by atoms with Gasteiger partial charge in [-0.25, -0.2) is 0 Å². The van der Waals surface area contributed by atoms with Gasteiger partial charge in [-0.1, -0.05) is 18.2 Å². The highest BCUT2D eigenvalue weighted by Gasteiger charge is 2.25. The highest BCUT2D eigenvalue weighted by Crippen LogP contribution is 2.48. The van der Waals surface area contributed by atoms with Gasteiger partial charge in [0, 0.05) is 17.1 Å². The van der Waals surface area contributed by atoms with Gasteiger partial charge in [-0.3, -0.25) is 14.4 Å². The molecule has 3 amide bonds. The molecule has 0 saturated carbocycles. The Labute approximate surface area is 141 Å². The molecule has 0 spiro atoms. The Morgan fingerprint density at radius 1 is 1.17 bits per heavy atom. The lowest BCUT2D eigenvalue weighted by atomic mass is 10.2. The van der Waals surface area contributed by atoms with Crippen molar-refractivity contribution in [3.05, 3.63) is 29.8 Å². The molecule has 0 aromatic heterocycles. The van der Waals surface area contributed by atoms with E-state index in [0.717, 1.165) is 17.1 Å². The summed E-state index contributed by atoms with van der Waals surface area (Å²) in [6.07, 6.45) is 0. The number of nitrogens with one attached hydrogen (secondary N) is 1. The van der Waals surface area contributed by atoms with E-state index >= 15 is 0 Å². The van der Waals surface area contributed by atoms with E-state index < -0.39 is 23.8 Å². The van der Waals surface area contributed by atoms with Gasteiger partial charge in [-0.05, 0) is 6.07 Å². The molecule has 1 heterocycles. The van der Waals surface area contributed by atoms with Crippen molar-refractivity contribution in [1.82, 2.24) is 5.32 Å². The maximum atomic E-state index is 11.8. The second kappa shape index (κ2) is 8.11. The third-order valence-electron chi connectivity index (χ3n) is 3.03. The zero-order valence-electron chi connectivity index (χ0n) is 12.2. The van der Waals surface area contributed by atoms with Gasteiger partial charge in [0.1, 0.15) is 5.75 Å². The normalized spacial score (nSPS) is 14.7. The summed E-state index contributed by atoms with van der Waals surface area (Å²) in [6.45, 7) is -0.337. The number of hydrogen-bond donors (Lipinski definition) is 3. The molecule has 7 nitrogen and oxygen atoms in total. The summed E-state index contributed by atoms with van der Waals surface area (Å²) in [5.41, 5.74) is 11.0. The van der Waals surface area contributed by atoms with E-state index in [1.54, 1.807) is 6.07 Å². The van der Waals surface area contributed by atoms with E-state index in [9.17, 15) is 14.4 Å². The number of carbonyl (C=O) groups excluding carboxylic acids is 3. The molecule has 1 aliphatic heterocycles. The molecule has 2 rings (SSSR count). The first-order chi connectivity index (χ1) is 11.0. The van der Waals surface area contributed by atoms with Crippen LogP contribution in [0, 0.1) is 0 Å². The van der Waals surface area contributed by atoms with Crippen LogP contribution in [0.4, 0.5) is 0 Å². The van der Waals surface area contributed by atoms with Crippen molar-refractivity contribution in [1.29, 1.82) is 0 Å². The SMILES string of the molecule is NC(=O)C(NC(=O)COc1ccccc1C1SCCS1)C(N)=O. The minimum atomic E-state index is -1.54. The second-order valence-corrected chi connectivity index (χ2v) is 7.43. The summed E-state index contributed by atoms with van der Waals surface area (Å²) in [4.78, 5) is 33.9. The number of benzene rings is 1. The molecule has 0 bridgehead atoms. The smallest absolute Gasteiger partial charge is 0.258 e. The number of ether oxygens (including phenoxy) is 1. The molecule has 1 aliphatic rings. The van der Waals surface area contributed by atoms with Gasteiger partial charge in [-0.15, -0.1) is 23.5 Å². The lowest BCUT2D eigenvalue weighted by Crippen LogP contribution is -2.53. The average Bonchev–Trinajstić information content (AvgIpc) is 3.04. The molecule has 1 aromatic rings. The van der Waals surface area contributed by atoms with Crippen LogP contribution in [-0.4, -0.2) is 41.9 Å². The van der Waals surface area contributed by atoms with Gasteiger partial charge >= 0.3 is 0 Å². The van der Waals surface area contributed by atoms with Crippen molar-refractivity contribution in [3.8, 4) is 5.75 Å². The molecule has 5 N–H and O–H groups in total. The van der Waals surface area contributed by atoms with Crippen molar-refractivity contribution in [2.24, 2.45) is 11.5 Å². The zero-order chi connectivity index (χ0) is 16.8. The molecule has 0 atom stereocenters. The Hall–Kier alpha value is -1.87. The number of para-hydroxylation sites is 1. The quantitative estimate of drug-likeness (QED) is 0.591.